The van der Waals surface area contributed by atoms with Crippen LogP contribution in [0.5, 0.6) is 0 Å². The number of imidazole rings is 2. The van der Waals surface area contributed by atoms with Crippen LogP contribution >= 0.6 is 0 Å². The van der Waals surface area contributed by atoms with Gasteiger partial charge in [0, 0.05) is 24.2 Å². The van der Waals surface area contributed by atoms with Crippen LogP contribution in [0.15, 0.2) is 48.7 Å². The van der Waals surface area contributed by atoms with Crippen LogP contribution in [-0.2, 0) is 28.7 Å². The predicted octanol–water partition coefficient (Wildman–Crippen LogP) is 3.08. The van der Waals surface area contributed by atoms with Gasteiger partial charge < -0.3 is 50.1 Å². The van der Waals surface area contributed by atoms with Crippen LogP contribution in [0.25, 0.3) is 22.3 Å². The Bertz CT molecular complexity index is 2200. The summed E-state index contributed by atoms with van der Waals surface area (Å²) in [7, 11) is 2.27. The van der Waals surface area contributed by atoms with Crippen LogP contribution in [0.1, 0.15) is 73.4 Å². The molecule has 2 aromatic heterocycles. The monoisotopic (exact) mass is 768 g/mol. The fourth-order valence-electron chi connectivity index (χ4n) is 6.98. The molecule has 4 heterocycles. The highest BCUT2D eigenvalue weighted by molar-refractivity contribution is 5.90. The molecule has 6 rings (SSSR count). The van der Waals surface area contributed by atoms with E-state index in [1.807, 2.05) is 42.5 Å². The zero-order chi connectivity index (χ0) is 39.9. The minimum Gasteiger partial charge on any atom is -0.481 e. The molecule has 0 radical (unpaired) electrons. The van der Waals surface area contributed by atoms with Crippen LogP contribution in [0, 0.1) is 11.8 Å². The summed E-state index contributed by atoms with van der Waals surface area (Å²) >= 11 is 0. The number of benzene rings is 2. The van der Waals surface area contributed by atoms with Crippen molar-refractivity contribution in [2.75, 3.05) is 27.3 Å². The maximum atomic E-state index is 13.4. The summed E-state index contributed by atoms with van der Waals surface area (Å²) in [6, 6.07) is 9.62. The van der Waals surface area contributed by atoms with Gasteiger partial charge in [0.15, 0.2) is 0 Å². The van der Waals surface area contributed by atoms with Gasteiger partial charge in [0.05, 0.1) is 62.1 Å². The zero-order valence-corrected chi connectivity index (χ0v) is 30.5. The molecule has 4 amide bonds. The molecule has 0 aliphatic carbocycles. The molecule has 4 atom stereocenters. The average molecular weight is 769 g/mol. The minimum atomic E-state index is -1.29. The Kier molecular flexibility index (Phi) is 11.8. The van der Waals surface area contributed by atoms with Crippen molar-refractivity contribution in [3.05, 3.63) is 71.4 Å². The number of hydrogen-bond acceptors (Lipinski definition) is 10. The van der Waals surface area contributed by atoms with E-state index in [9.17, 15) is 39.0 Å². The number of aliphatic carboxylic acids is 2. The number of carboxylic acid groups (broad SMARTS) is 2. The Balaban J connectivity index is 1.12. The number of carboxylic acids is 2. The van der Waals surface area contributed by atoms with Crippen molar-refractivity contribution < 1.29 is 48.5 Å². The number of fused-ring (bicyclic) bond motifs is 1. The lowest BCUT2D eigenvalue weighted by Crippen LogP contribution is -2.49. The summed E-state index contributed by atoms with van der Waals surface area (Å²) in [5.41, 5.74) is 4.42. The van der Waals surface area contributed by atoms with Gasteiger partial charge in [-0.1, -0.05) is 24.0 Å². The average Bonchev–Trinajstić information content (AvgIpc) is 4.01. The molecule has 2 aliphatic heterocycles. The maximum Gasteiger partial charge on any atom is 0.407 e. The summed E-state index contributed by atoms with van der Waals surface area (Å²) in [5, 5.41) is 23.3. The van der Waals surface area contributed by atoms with Crippen molar-refractivity contribution in [1.82, 2.24) is 40.4 Å². The number of hydrogen-bond donors (Lipinski definition) is 6. The molecule has 4 aromatic rings. The highest BCUT2D eigenvalue weighted by atomic mass is 16.5. The number of nitrogens with one attached hydrogen (secondary N) is 4. The van der Waals surface area contributed by atoms with E-state index in [1.54, 1.807) is 6.20 Å². The first kappa shape index (κ1) is 38.8. The molecular formula is C38H40N8O10. The van der Waals surface area contributed by atoms with Crippen LogP contribution in [-0.4, -0.2) is 115 Å². The fraction of sp³-hybridized carbons (Fsp3) is 0.368. The zero-order valence-electron chi connectivity index (χ0n) is 30.5. The van der Waals surface area contributed by atoms with Gasteiger partial charge in [-0.2, -0.15) is 0 Å². The number of H-pyrrole nitrogens is 2. The Hall–Kier alpha value is -6.90. The lowest BCUT2D eigenvalue weighted by Gasteiger charge is -2.27. The molecule has 2 saturated heterocycles. The minimum absolute atomic E-state index is 0.380. The first-order valence-corrected chi connectivity index (χ1v) is 17.8. The van der Waals surface area contributed by atoms with Crippen LogP contribution in [0.3, 0.4) is 0 Å². The van der Waals surface area contributed by atoms with Crippen molar-refractivity contribution in [2.24, 2.45) is 0 Å². The summed E-state index contributed by atoms with van der Waals surface area (Å²) in [4.78, 5) is 92.0. The lowest BCUT2D eigenvalue weighted by molar-refractivity contribution is -0.143. The summed E-state index contributed by atoms with van der Waals surface area (Å²) in [5.74, 6) is 3.90. The molecule has 6 N–H and O–H groups in total. The topological polar surface area (TPSA) is 249 Å². The van der Waals surface area contributed by atoms with Crippen molar-refractivity contribution in [2.45, 2.75) is 62.7 Å². The van der Waals surface area contributed by atoms with Crippen molar-refractivity contribution in [3.63, 3.8) is 0 Å². The van der Waals surface area contributed by atoms with E-state index in [0.29, 0.717) is 67.1 Å². The standard InChI is InChI=1S/C38H40N8O10/c1-55-37(53)43-26(18-31(47)48)35(51)45-15-3-5-29(45)33-39-20-28(42-33)23-12-9-21(10-13-23)7-8-22-11-14-24-25(17-22)41-34(40-24)30-6-4-16-46(30)36(52)27(19-32(49)50)44-38(54)56-2/h9-14,17,20,26-27,29-30H,3-6,15-16,18-19H2,1-2H3,(H,39,42)(H,40,41)(H,43,53)(H,44,54)(H,47,48)(H,49,50). The Morgan fingerprint density at radius 1 is 0.786 bits per heavy atom. The second kappa shape index (κ2) is 17.1. The molecule has 18 heteroatoms. The first-order chi connectivity index (χ1) is 26.9. The molecule has 0 saturated carbocycles. The number of carbonyl (C=O) groups is 6. The number of amides is 4. The number of alkyl carbamates (subject to hydrolysis) is 2. The van der Waals surface area contributed by atoms with Gasteiger partial charge >= 0.3 is 24.1 Å². The normalized spacial score (nSPS) is 17.4. The lowest BCUT2D eigenvalue weighted by atomic mass is 10.1. The molecule has 292 valence electrons. The smallest absolute Gasteiger partial charge is 0.407 e. The van der Waals surface area contributed by atoms with Crippen LogP contribution in [0.2, 0.25) is 0 Å². The number of carbonyl (C=O) groups excluding carboxylic acids is 4. The number of methoxy groups -OCH3 is 2. The summed E-state index contributed by atoms with van der Waals surface area (Å²) in [6.07, 6.45) is 1.28. The number of likely N-dealkylation sites (tertiary alicyclic amines) is 2. The first-order valence-electron chi connectivity index (χ1n) is 17.8. The molecule has 18 nitrogen and oxygen atoms in total. The van der Waals surface area contributed by atoms with E-state index in [2.05, 4.69) is 46.9 Å². The van der Waals surface area contributed by atoms with Gasteiger partial charge in [0.1, 0.15) is 23.7 Å². The molecule has 2 aromatic carbocycles. The highest BCUT2D eigenvalue weighted by Gasteiger charge is 2.38. The highest BCUT2D eigenvalue weighted by Crippen LogP contribution is 2.34. The molecule has 0 spiro atoms. The van der Waals surface area contributed by atoms with Gasteiger partial charge in [-0.3, -0.25) is 19.2 Å². The molecular weight excluding hydrogens is 728 g/mol. The summed E-state index contributed by atoms with van der Waals surface area (Å²) < 4.78 is 9.15. The van der Waals surface area contributed by atoms with Crippen molar-refractivity contribution >= 4 is 47.0 Å². The molecule has 0 bridgehead atoms. The predicted molar refractivity (Wildman–Crippen MR) is 197 cm³/mol. The quantitative estimate of drug-likeness (QED) is 0.121. The SMILES string of the molecule is COC(=O)NC(CC(=O)O)C(=O)N1CCCC1c1ncc(-c2ccc(C#Cc3ccc4nc(C5CCCN5C(=O)C(CC(=O)O)NC(=O)OC)[nH]c4c3)cc2)[nH]1. The van der Waals surface area contributed by atoms with Gasteiger partial charge in [-0.25, -0.2) is 19.6 Å². The third-order valence-corrected chi connectivity index (χ3v) is 9.65. The second-order valence-corrected chi connectivity index (χ2v) is 13.3. The number of aromatic nitrogens is 4. The Morgan fingerprint density at radius 3 is 1.88 bits per heavy atom. The van der Waals surface area contributed by atoms with Crippen molar-refractivity contribution in [3.8, 4) is 23.1 Å². The Morgan fingerprint density at radius 2 is 1.32 bits per heavy atom. The van der Waals surface area contributed by atoms with Crippen LogP contribution in [0.4, 0.5) is 9.59 Å². The maximum absolute atomic E-state index is 13.4. The Labute approximate surface area is 320 Å². The van der Waals surface area contributed by atoms with Gasteiger partial charge in [0.25, 0.3) is 0 Å². The molecule has 2 fully saturated rings. The van der Waals surface area contributed by atoms with E-state index >= 15 is 0 Å². The second-order valence-electron chi connectivity index (χ2n) is 13.3. The van der Waals surface area contributed by atoms with Crippen molar-refractivity contribution in [1.29, 1.82) is 0 Å². The molecule has 4 unspecified atom stereocenters. The fourth-order valence-corrected chi connectivity index (χ4v) is 6.98. The largest absolute Gasteiger partial charge is 0.481 e. The van der Waals surface area contributed by atoms with E-state index in [1.165, 1.54) is 9.80 Å². The molecule has 2 aliphatic rings. The number of aromatic amines is 2. The van der Waals surface area contributed by atoms with E-state index in [4.69, 9.17) is 4.98 Å². The van der Waals surface area contributed by atoms with Gasteiger partial charge in [-0.15, -0.1) is 0 Å². The van der Waals surface area contributed by atoms with E-state index in [0.717, 1.165) is 30.9 Å². The molecule has 56 heavy (non-hydrogen) atoms. The van der Waals surface area contributed by atoms with E-state index in [-0.39, 0.29) is 0 Å². The number of rotatable bonds is 11. The third kappa shape index (κ3) is 8.89. The van der Waals surface area contributed by atoms with E-state index < -0.39 is 72.9 Å². The van der Waals surface area contributed by atoms with Gasteiger partial charge in [0.2, 0.25) is 11.8 Å². The van der Waals surface area contributed by atoms with Crippen LogP contribution < -0.4 is 10.6 Å². The third-order valence-electron chi connectivity index (χ3n) is 9.65. The van der Waals surface area contributed by atoms with Gasteiger partial charge in [-0.05, 0) is 61.6 Å². The summed E-state index contributed by atoms with van der Waals surface area (Å²) in [6.45, 7) is 0.764. The number of ether oxygens (including phenoxy) is 2. The number of nitrogens with zero attached hydrogens (tertiary/aromatic N) is 4.